The van der Waals surface area contributed by atoms with Crippen LogP contribution in [0.3, 0.4) is 0 Å². The average molecular weight is 275 g/mol. The van der Waals surface area contributed by atoms with Gasteiger partial charge in [-0.2, -0.15) is 0 Å². The third kappa shape index (κ3) is 4.51. The smallest absolute Gasteiger partial charge is 0.222 e. The lowest BCUT2D eigenvalue weighted by Crippen LogP contribution is -2.26. The number of benzene rings is 1. The summed E-state index contributed by atoms with van der Waals surface area (Å²) in [6.45, 7) is 2.88. The zero-order valence-electron chi connectivity index (χ0n) is 12.3. The number of aryl methyl sites for hydroxylation is 1. The zero-order valence-corrected chi connectivity index (χ0v) is 12.3. The predicted molar refractivity (Wildman–Crippen MR) is 79.0 cm³/mol. The first kappa shape index (κ1) is 15.9. The molecule has 1 rings (SSSR count). The molecule has 0 N–H and O–H groups in total. The van der Waals surface area contributed by atoms with Gasteiger partial charge in [-0.3, -0.25) is 4.79 Å². The van der Waals surface area contributed by atoms with Gasteiger partial charge in [0.25, 0.3) is 0 Å². The first-order valence-electron chi connectivity index (χ1n) is 6.59. The normalized spacial score (nSPS) is 9.70. The van der Waals surface area contributed by atoms with Crippen molar-refractivity contribution in [2.45, 2.75) is 19.8 Å². The van der Waals surface area contributed by atoms with Crippen molar-refractivity contribution in [3.63, 3.8) is 0 Å². The molecule has 0 saturated carbocycles. The van der Waals surface area contributed by atoms with Gasteiger partial charge in [-0.25, -0.2) is 0 Å². The van der Waals surface area contributed by atoms with E-state index in [4.69, 9.17) is 15.9 Å². The molecule has 0 atom stereocenters. The summed E-state index contributed by atoms with van der Waals surface area (Å²) < 4.78 is 10.6. The number of nitrogens with zero attached hydrogens (tertiary/aromatic N) is 1. The van der Waals surface area contributed by atoms with Crippen LogP contribution in [0.15, 0.2) is 18.2 Å². The maximum atomic E-state index is 11.8. The van der Waals surface area contributed by atoms with E-state index < -0.39 is 0 Å². The van der Waals surface area contributed by atoms with Gasteiger partial charge in [-0.05, 0) is 31.0 Å². The summed E-state index contributed by atoms with van der Waals surface area (Å²) in [5.41, 5.74) is 1.03. The summed E-state index contributed by atoms with van der Waals surface area (Å²) in [6.07, 6.45) is 6.32. The Hall–Kier alpha value is -2.15. The maximum Gasteiger partial charge on any atom is 0.222 e. The number of hydrogen-bond donors (Lipinski definition) is 0. The van der Waals surface area contributed by atoms with E-state index in [2.05, 4.69) is 5.92 Å². The van der Waals surface area contributed by atoms with Crippen LogP contribution in [0.2, 0.25) is 0 Å². The molecule has 0 fully saturated rings. The zero-order chi connectivity index (χ0) is 15.0. The Kier molecular flexibility index (Phi) is 6.45. The fourth-order valence-corrected chi connectivity index (χ4v) is 1.72. The number of rotatable bonds is 7. The van der Waals surface area contributed by atoms with Gasteiger partial charge in [-0.15, -0.1) is 6.42 Å². The number of ether oxygens (including phenoxy) is 2. The minimum atomic E-state index is 0.138. The Morgan fingerprint density at radius 3 is 2.75 bits per heavy atom. The molecule has 0 aliphatic carbocycles. The number of carbonyl (C=O) groups is 1. The molecule has 1 aromatic rings. The Labute approximate surface area is 120 Å². The number of amides is 1. The molecule has 0 unspecified atom stereocenters. The summed E-state index contributed by atoms with van der Waals surface area (Å²) in [6, 6.07) is 5.62. The van der Waals surface area contributed by atoms with Gasteiger partial charge >= 0.3 is 0 Å². The highest BCUT2D eigenvalue weighted by Crippen LogP contribution is 2.28. The molecule has 1 aromatic carbocycles. The van der Waals surface area contributed by atoms with Crippen LogP contribution in [0.4, 0.5) is 0 Å². The monoisotopic (exact) mass is 275 g/mol. The largest absolute Gasteiger partial charge is 0.493 e. The van der Waals surface area contributed by atoms with Crippen LogP contribution in [0.1, 0.15) is 18.9 Å². The topological polar surface area (TPSA) is 38.8 Å². The van der Waals surface area contributed by atoms with Gasteiger partial charge in [0.1, 0.15) is 6.61 Å². The number of methoxy groups -OCH3 is 1. The van der Waals surface area contributed by atoms with Gasteiger partial charge in [0.05, 0.1) is 7.11 Å². The molecular formula is C16H21NO3. The van der Waals surface area contributed by atoms with Crippen LogP contribution >= 0.6 is 0 Å². The standard InChI is InChI=1S/C16H21NO3/c1-5-11-20-14-9-7-13(12-15(14)19-4)8-10-16(18)17(3)6-2/h1,7,9,12H,6,8,10-11H2,2-4H3. The van der Waals surface area contributed by atoms with E-state index >= 15 is 0 Å². The van der Waals surface area contributed by atoms with Gasteiger partial charge < -0.3 is 14.4 Å². The van der Waals surface area contributed by atoms with E-state index in [1.54, 1.807) is 19.1 Å². The molecule has 0 aromatic heterocycles. The van der Waals surface area contributed by atoms with E-state index in [0.29, 0.717) is 24.3 Å². The van der Waals surface area contributed by atoms with E-state index in [0.717, 1.165) is 12.1 Å². The van der Waals surface area contributed by atoms with Crippen molar-refractivity contribution in [1.29, 1.82) is 0 Å². The van der Waals surface area contributed by atoms with Gasteiger partial charge in [0, 0.05) is 20.0 Å². The summed E-state index contributed by atoms with van der Waals surface area (Å²) >= 11 is 0. The Balaban J connectivity index is 2.68. The van der Waals surface area contributed by atoms with Crippen molar-refractivity contribution < 1.29 is 14.3 Å². The lowest BCUT2D eigenvalue weighted by molar-refractivity contribution is -0.129. The van der Waals surface area contributed by atoms with Gasteiger partial charge in [-0.1, -0.05) is 12.0 Å². The van der Waals surface area contributed by atoms with Crippen molar-refractivity contribution in [3.05, 3.63) is 23.8 Å². The summed E-state index contributed by atoms with van der Waals surface area (Å²) in [4.78, 5) is 13.5. The Bertz CT molecular complexity index is 491. The molecule has 0 bridgehead atoms. The van der Waals surface area contributed by atoms with Gasteiger partial charge in [0.15, 0.2) is 11.5 Å². The molecular weight excluding hydrogens is 254 g/mol. The van der Waals surface area contributed by atoms with Crippen molar-refractivity contribution in [2.75, 3.05) is 27.3 Å². The Morgan fingerprint density at radius 2 is 2.15 bits per heavy atom. The van der Waals surface area contributed by atoms with E-state index in [1.165, 1.54) is 0 Å². The lowest BCUT2D eigenvalue weighted by atomic mass is 10.1. The SMILES string of the molecule is C#CCOc1ccc(CCC(=O)N(C)CC)cc1OC. The second kappa shape index (κ2) is 8.11. The third-order valence-electron chi connectivity index (χ3n) is 3.07. The predicted octanol–water partition coefficient (Wildman–Crippen LogP) is 2.12. The molecule has 0 spiro atoms. The van der Waals surface area contributed by atoms with Crippen molar-refractivity contribution in [2.24, 2.45) is 0 Å². The van der Waals surface area contributed by atoms with Crippen LogP contribution in [-0.2, 0) is 11.2 Å². The van der Waals surface area contributed by atoms with E-state index in [1.807, 2.05) is 25.1 Å². The minimum absolute atomic E-state index is 0.138. The third-order valence-corrected chi connectivity index (χ3v) is 3.07. The molecule has 4 heteroatoms. The molecule has 0 saturated heterocycles. The quantitative estimate of drug-likeness (QED) is 0.715. The number of terminal acetylenes is 1. The highest BCUT2D eigenvalue weighted by atomic mass is 16.5. The minimum Gasteiger partial charge on any atom is -0.493 e. The average Bonchev–Trinajstić information content (AvgIpc) is 2.49. The molecule has 0 radical (unpaired) electrons. The van der Waals surface area contributed by atoms with Crippen LogP contribution in [-0.4, -0.2) is 38.1 Å². The fraction of sp³-hybridized carbons (Fsp3) is 0.438. The van der Waals surface area contributed by atoms with E-state index in [9.17, 15) is 4.79 Å². The van der Waals surface area contributed by atoms with Crippen LogP contribution in [0.5, 0.6) is 11.5 Å². The van der Waals surface area contributed by atoms with Gasteiger partial charge in [0.2, 0.25) is 5.91 Å². The van der Waals surface area contributed by atoms with Crippen LogP contribution < -0.4 is 9.47 Å². The lowest BCUT2D eigenvalue weighted by Gasteiger charge is -2.14. The summed E-state index contributed by atoms with van der Waals surface area (Å²) in [7, 11) is 3.39. The second-order valence-electron chi connectivity index (χ2n) is 4.39. The highest BCUT2D eigenvalue weighted by molar-refractivity contribution is 5.76. The van der Waals surface area contributed by atoms with Crippen molar-refractivity contribution >= 4 is 5.91 Å². The second-order valence-corrected chi connectivity index (χ2v) is 4.39. The highest BCUT2D eigenvalue weighted by Gasteiger charge is 2.09. The summed E-state index contributed by atoms with van der Waals surface area (Å²) in [5.74, 6) is 3.80. The van der Waals surface area contributed by atoms with E-state index in [-0.39, 0.29) is 12.5 Å². The molecule has 0 heterocycles. The first-order chi connectivity index (χ1) is 9.62. The van der Waals surface area contributed by atoms with Crippen molar-refractivity contribution in [1.82, 2.24) is 4.90 Å². The number of carbonyl (C=O) groups excluding carboxylic acids is 1. The fourth-order valence-electron chi connectivity index (χ4n) is 1.72. The Morgan fingerprint density at radius 1 is 1.40 bits per heavy atom. The molecule has 0 aliphatic rings. The van der Waals surface area contributed by atoms with Crippen LogP contribution in [0.25, 0.3) is 0 Å². The summed E-state index contributed by atoms with van der Waals surface area (Å²) in [5, 5.41) is 0. The first-order valence-corrected chi connectivity index (χ1v) is 6.59. The number of hydrogen-bond acceptors (Lipinski definition) is 3. The maximum absolute atomic E-state index is 11.8. The van der Waals surface area contributed by atoms with Crippen molar-refractivity contribution in [3.8, 4) is 23.8 Å². The molecule has 0 aliphatic heterocycles. The molecule has 108 valence electrons. The van der Waals surface area contributed by atoms with Crippen LogP contribution in [0, 0.1) is 12.3 Å². The molecule has 20 heavy (non-hydrogen) atoms. The molecule has 1 amide bonds. The molecule has 4 nitrogen and oxygen atoms in total.